The van der Waals surface area contributed by atoms with Crippen molar-refractivity contribution in [2.24, 2.45) is 11.8 Å². The zero-order valence-corrected chi connectivity index (χ0v) is 9.32. The molecule has 1 saturated carbocycles. The van der Waals surface area contributed by atoms with Crippen molar-refractivity contribution < 1.29 is 4.79 Å². The van der Waals surface area contributed by atoms with Crippen molar-refractivity contribution in [1.82, 2.24) is 5.32 Å². The highest BCUT2D eigenvalue weighted by Gasteiger charge is 2.41. The van der Waals surface area contributed by atoms with Gasteiger partial charge in [-0.1, -0.05) is 13.8 Å². The van der Waals surface area contributed by atoms with Gasteiger partial charge in [0.15, 0.2) is 0 Å². The van der Waals surface area contributed by atoms with Crippen molar-refractivity contribution in [2.75, 3.05) is 5.88 Å². The maximum atomic E-state index is 11.6. The van der Waals surface area contributed by atoms with Crippen LogP contribution >= 0.6 is 11.6 Å². The standard InChI is InChI=1S/C10H18ClNO/c1-4-10(3,6-11)12-9(13)8-5-7(8)2/h7-8H,4-6H2,1-3H3,(H,12,13). The fourth-order valence-corrected chi connectivity index (χ4v) is 1.55. The van der Waals surface area contributed by atoms with Crippen LogP contribution in [0.15, 0.2) is 0 Å². The second-order valence-corrected chi connectivity index (χ2v) is 4.62. The van der Waals surface area contributed by atoms with Gasteiger partial charge in [-0.05, 0) is 25.7 Å². The summed E-state index contributed by atoms with van der Waals surface area (Å²) in [4.78, 5) is 11.6. The molecule has 3 unspecified atom stereocenters. The molecule has 13 heavy (non-hydrogen) atoms. The third kappa shape index (κ3) is 2.60. The number of carbonyl (C=O) groups is 1. The van der Waals surface area contributed by atoms with E-state index in [2.05, 4.69) is 12.2 Å². The molecule has 1 fully saturated rings. The van der Waals surface area contributed by atoms with Crippen LogP contribution in [0.25, 0.3) is 0 Å². The van der Waals surface area contributed by atoms with E-state index in [1.54, 1.807) is 0 Å². The molecule has 0 aromatic heterocycles. The second-order valence-electron chi connectivity index (χ2n) is 4.36. The van der Waals surface area contributed by atoms with Crippen LogP contribution in [0.4, 0.5) is 0 Å². The Bertz CT molecular complexity index is 201. The summed E-state index contributed by atoms with van der Waals surface area (Å²) in [5.74, 6) is 1.47. The van der Waals surface area contributed by atoms with Crippen LogP contribution in [0, 0.1) is 11.8 Å². The lowest BCUT2D eigenvalue weighted by molar-refractivity contribution is -0.124. The molecule has 0 aromatic carbocycles. The van der Waals surface area contributed by atoms with Crippen molar-refractivity contribution in [2.45, 2.75) is 39.2 Å². The van der Waals surface area contributed by atoms with Crippen LogP contribution < -0.4 is 5.32 Å². The molecule has 2 nitrogen and oxygen atoms in total. The van der Waals surface area contributed by atoms with Gasteiger partial charge in [0.1, 0.15) is 0 Å². The molecule has 0 radical (unpaired) electrons. The molecule has 1 aliphatic rings. The van der Waals surface area contributed by atoms with Gasteiger partial charge in [0.05, 0.1) is 5.54 Å². The minimum Gasteiger partial charge on any atom is -0.350 e. The van der Waals surface area contributed by atoms with Crippen molar-refractivity contribution in [3.8, 4) is 0 Å². The summed E-state index contributed by atoms with van der Waals surface area (Å²) in [6.07, 6.45) is 1.91. The van der Waals surface area contributed by atoms with Crippen molar-refractivity contribution in [3.05, 3.63) is 0 Å². The van der Waals surface area contributed by atoms with E-state index < -0.39 is 0 Å². The number of alkyl halides is 1. The van der Waals surface area contributed by atoms with E-state index in [1.807, 2.05) is 13.8 Å². The number of hydrogen-bond donors (Lipinski definition) is 1. The average molecular weight is 204 g/mol. The average Bonchev–Trinajstić information content (AvgIpc) is 2.82. The number of rotatable bonds is 4. The van der Waals surface area contributed by atoms with Crippen LogP contribution in [0.3, 0.4) is 0 Å². The SMILES string of the molecule is CCC(C)(CCl)NC(=O)C1CC1C. The van der Waals surface area contributed by atoms with E-state index in [9.17, 15) is 4.79 Å². The predicted octanol–water partition coefficient (Wildman–Crippen LogP) is 2.17. The summed E-state index contributed by atoms with van der Waals surface area (Å²) in [6.45, 7) is 6.14. The summed E-state index contributed by atoms with van der Waals surface area (Å²) < 4.78 is 0. The van der Waals surface area contributed by atoms with Crippen molar-refractivity contribution >= 4 is 17.5 Å². The van der Waals surface area contributed by atoms with Gasteiger partial charge < -0.3 is 5.32 Å². The number of hydrogen-bond acceptors (Lipinski definition) is 1. The summed E-state index contributed by atoms with van der Waals surface area (Å²) in [5, 5.41) is 3.01. The van der Waals surface area contributed by atoms with Crippen LogP contribution in [0.1, 0.15) is 33.6 Å². The molecule has 1 rings (SSSR count). The Labute approximate surface area is 85.0 Å². The fourth-order valence-electron chi connectivity index (χ4n) is 1.29. The lowest BCUT2D eigenvalue weighted by atomic mass is 10.0. The zero-order valence-electron chi connectivity index (χ0n) is 8.56. The summed E-state index contributed by atoms with van der Waals surface area (Å²) in [7, 11) is 0. The Morgan fingerprint density at radius 1 is 1.69 bits per heavy atom. The molecular formula is C10H18ClNO. The molecule has 0 bridgehead atoms. The van der Waals surface area contributed by atoms with Gasteiger partial charge in [0.25, 0.3) is 0 Å². The van der Waals surface area contributed by atoms with Gasteiger partial charge >= 0.3 is 0 Å². The minimum atomic E-state index is -0.221. The molecule has 76 valence electrons. The number of carbonyl (C=O) groups excluding carboxylic acids is 1. The Hall–Kier alpha value is -0.240. The van der Waals surface area contributed by atoms with Crippen LogP contribution in [0.5, 0.6) is 0 Å². The first kappa shape index (κ1) is 10.8. The number of amides is 1. The van der Waals surface area contributed by atoms with E-state index in [1.165, 1.54) is 0 Å². The molecule has 0 aliphatic heterocycles. The molecule has 3 heteroatoms. The first-order valence-corrected chi connectivity index (χ1v) is 5.44. The Balaban J connectivity index is 2.42. The smallest absolute Gasteiger partial charge is 0.223 e. The first-order valence-electron chi connectivity index (χ1n) is 4.90. The van der Waals surface area contributed by atoms with E-state index in [4.69, 9.17) is 11.6 Å². The van der Waals surface area contributed by atoms with Crippen LogP contribution in [0.2, 0.25) is 0 Å². The van der Waals surface area contributed by atoms with Gasteiger partial charge in [0, 0.05) is 11.8 Å². The van der Waals surface area contributed by atoms with E-state index in [0.29, 0.717) is 11.8 Å². The molecule has 3 atom stereocenters. The topological polar surface area (TPSA) is 29.1 Å². The lowest BCUT2D eigenvalue weighted by Crippen LogP contribution is -2.47. The first-order chi connectivity index (χ1) is 6.02. The summed E-state index contributed by atoms with van der Waals surface area (Å²) in [6, 6.07) is 0. The van der Waals surface area contributed by atoms with Crippen LogP contribution in [-0.2, 0) is 4.79 Å². The fraction of sp³-hybridized carbons (Fsp3) is 0.900. The molecule has 0 spiro atoms. The molecule has 1 amide bonds. The summed E-state index contributed by atoms with van der Waals surface area (Å²) >= 11 is 5.80. The Kier molecular flexibility index (Phi) is 3.23. The molecular weight excluding hydrogens is 186 g/mol. The molecule has 0 heterocycles. The largest absolute Gasteiger partial charge is 0.350 e. The Morgan fingerprint density at radius 2 is 2.23 bits per heavy atom. The quantitative estimate of drug-likeness (QED) is 0.698. The summed E-state index contributed by atoms with van der Waals surface area (Å²) in [5.41, 5.74) is -0.221. The number of halogens is 1. The predicted molar refractivity (Wildman–Crippen MR) is 54.8 cm³/mol. The minimum absolute atomic E-state index is 0.178. The van der Waals surface area contributed by atoms with E-state index in [-0.39, 0.29) is 17.4 Å². The van der Waals surface area contributed by atoms with Crippen molar-refractivity contribution in [3.63, 3.8) is 0 Å². The highest BCUT2D eigenvalue weighted by molar-refractivity contribution is 6.18. The van der Waals surface area contributed by atoms with Gasteiger partial charge in [-0.3, -0.25) is 4.79 Å². The van der Waals surface area contributed by atoms with Gasteiger partial charge in [-0.25, -0.2) is 0 Å². The molecule has 1 N–H and O–H groups in total. The maximum absolute atomic E-state index is 11.6. The Morgan fingerprint density at radius 3 is 2.54 bits per heavy atom. The highest BCUT2D eigenvalue weighted by atomic mass is 35.5. The normalized spacial score (nSPS) is 30.8. The van der Waals surface area contributed by atoms with Gasteiger partial charge in [0.2, 0.25) is 5.91 Å². The zero-order chi connectivity index (χ0) is 10.1. The maximum Gasteiger partial charge on any atom is 0.223 e. The third-order valence-corrected chi connectivity index (χ3v) is 3.54. The second kappa shape index (κ2) is 3.87. The van der Waals surface area contributed by atoms with Crippen LogP contribution in [-0.4, -0.2) is 17.3 Å². The molecule has 0 aromatic rings. The number of nitrogens with one attached hydrogen (secondary N) is 1. The van der Waals surface area contributed by atoms with Gasteiger partial charge in [-0.15, -0.1) is 11.6 Å². The molecule has 0 saturated heterocycles. The van der Waals surface area contributed by atoms with E-state index in [0.717, 1.165) is 12.8 Å². The van der Waals surface area contributed by atoms with E-state index >= 15 is 0 Å². The lowest BCUT2D eigenvalue weighted by Gasteiger charge is -2.27. The third-order valence-electron chi connectivity index (χ3n) is 2.95. The van der Waals surface area contributed by atoms with Crippen molar-refractivity contribution in [1.29, 1.82) is 0 Å². The molecule has 1 aliphatic carbocycles. The monoisotopic (exact) mass is 203 g/mol. The van der Waals surface area contributed by atoms with Gasteiger partial charge in [-0.2, -0.15) is 0 Å². The highest BCUT2D eigenvalue weighted by Crippen LogP contribution is 2.38.